The van der Waals surface area contributed by atoms with Crippen LogP contribution in [-0.4, -0.2) is 18.8 Å². The standard InChI is InChI=1S/C23H30O2/c1-3-12(2)13-4-6-16(7-5-13)24-11-15-8-14-9-17(15)21-19-10-18(20(14)21)22-23(19)25-22/h4-7,12,14-15,17-23H,3,8-11H2,1-2H3. The van der Waals surface area contributed by atoms with Gasteiger partial charge in [-0.1, -0.05) is 26.0 Å². The molecule has 1 saturated heterocycles. The van der Waals surface area contributed by atoms with E-state index in [4.69, 9.17) is 9.47 Å². The highest BCUT2D eigenvalue weighted by atomic mass is 16.6. The molecule has 4 aliphatic carbocycles. The summed E-state index contributed by atoms with van der Waals surface area (Å²) in [5.41, 5.74) is 1.43. The van der Waals surface area contributed by atoms with Crippen molar-refractivity contribution >= 4 is 0 Å². The summed E-state index contributed by atoms with van der Waals surface area (Å²) in [4.78, 5) is 0. The molecule has 4 saturated carbocycles. The molecular weight excluding hydrogens is 308 g/mol. The first-order valence-electron chi connectivity index (χ1n) is 10.6. The quantitative estimate of drug-likeness (QED) is 0.563. The van der Waals surface area contributed by atoms with Gasteiger partial charge in [0, 0.05) is 0 Å². The maximum absolute atomic E-state index is 6.25. The van der Waals surface area contributed by atoms with Gasteiger partial charge in [0.2, 0.25) is 0 Å². The van der Waals surface area contributed by atoms with E-state index in [-0.39, 0.29) is 0 Å². The number of fused-ring (bicyclic) bond motifs is 12. The lowest BCUT2D eigenvalue weighted by molar-refractivity contribution is 0.0880. The fraction of sp³-hybridized carbons (Fsp3) is 0.739. The first-order chi connectivity index (χ1) is 12.2. The number of benzene rings is 1. The predicted octanol–water partition coefficient (Wildman–Crippen LogP) is 4.88. The van der Waals surface area contributed by atoms with Crippen LogP contribution in [0.5, 0.6) is 5.75 Å². The lowest BCUT2D eigenvalue weighted by Gasteiger charge is -2.37. The minimum absolute atomic E-state index is 0.641. The minimum Gasteiger partial charge on any atom is -0.493 e. The third-order valence-corrected chi connectivity index (χ3v) is 8.73. The fourth-order valence-electron chi connectivity index (χ4n) is 7.51. The van der Waals surface area contributed by atoms with E-state index < -0.39 is 0 Å². The van der Waals surface area contributed by atoms with E-state index in [1.165, 1.54) is 31.2 Å². The molecule has 134 valence electrons. The molecule has 5 fully saturated rings. The molecule has 0 spiro atoms. The van der Waals surface area contributed by atoms with Gasteiger partial charge < -0.3 is 9.47 Å². The summed E-state index contributed by atoms with van der Waals surface area (Å²) in [5.74, 6) is 8.24. The predicted molar refractivity (Wildman–Crippen MR) is 97.6 cm³/mol. The largest absolute Gasteiger partial charge is 0.493 e. The summed E-state index contributed by atoms with van der Waals surface area (Å²) in [6, 6.07) is 8.86. The maximum atomic E-state index is 6.25. The van der Waals surface area contributed by atoms with Crippen LogP contribution in [0.15, 0.2) is 24.3 Å². The second-order valence-corrected chi connectivity index (χ2v) is 9.63. The zero-order valence-electron chi connectivity index (χ0n) is 15.4. The molecule has 1 aromatic rings. The van der Waals surface area contributed by atoms with Gasteiger partial charge in [-0.15, -0.1) is 0 Å². The summed E-state index contributed by atoms with van der Waals surface area (Å²) in [5, 5.41) is 0. The lowest BCUT2D eigenvalue weighted by Crippen LogP contribution is -2.37. The normalized spacial score (nSPS) is 49.1. The molecule has 1 aromatic carbocycles. The summed E-state index contributed by atoms with van der Waals surface area (Å²) < 4.78 is 12.2. The molecule has 0 radical (unpaired) electrons. The third-order valence-electron chi connectivity index (χ3n) is 8.73. The first kappa shape index (κ1) is 15.1. The Morgan fingerprint density at radius 1 is 1.00 bits per heavy atom. The Morgan fingerprint density at radius 3 is 2.52 bits per heavy atom. The Bertz CT molecular complexity index is 667. The van der Waals surface area contributed by atoms with Crippen LogP contribution in [0.3, 0.4) is 0 Å². The SMILES string of the molecule is CCC(C)c1ccc(OCC2CC3CC2C2C4CC(C5OC45)C32)cc1. The van der Waals surface area contributed by atoms with Gasteiger partial charge in [-0.3, -0.25) is 0 Å². The Hall–Kier alpha value is -1.02. The van der Waals surface area contributed by atoms with E-state index in [9.17, 15) is 0 Å². The van der Waals surface area contributed by atoms with Gasteiger partial charge in [0.25, 0.3) is 0 Å². The van der Waals surface area contributed by atoms with Crippen molar-refractivity contribution in [1.29, 1.82) is 0 Å². The van der Waals surface area contributed by atoms with Crippen molar-refractivity contribution in [3.8, 4) is 5.75 Å². The average molecular weight is 338 g/mol. The highest BCUT2D eigenvalue weighted by Gasteiger charge is 2.73. The van der Waals surface area contributed by atoms with Crippen molar-refractivity contribution in [1.82, 2.24) is 0 Å². The zero-order chi connectivity index (χ0) is 16.7. The summed E-state index contributed by atoms with van der Waals surface area (Å²) in [6.45, 7) is 5.48. The molecule has 10 unspecified atom stereocenters. The van der Waals surface area contributed by atoms with Crippen LogP contribution in [0.25, 0.3) is 0 Å². The molecule has 0 N–H and O–H groups in total. The van der Waals surface area contributed by atoms with E-state index in [0.717, 1.165) is 53.8 Å². The van der Waals surface area contributed by atoms with Crippen molar-refractivity contribution in [3.63, 3.8) is 0 Å². The number of epoxide rings is 1. The second kappa shape index (κ2) is 5.25. The lowest BCUT2D eigenvalue weighted by atomic mass is 9.68. The van der Waals surface area contributed by atoms with Gasteiger partial charge in [0.05, 0.1) is 18.8 Å². The van der Waals surface area contributed by atoms with Gasteiger partial charge in [-0.25, -0.2) is 0 Å². The molecule has 6 rings (SSSR count). The maximum Gasteiger partial charge on any atom is 0.119 e. The zero-order valence-corrected chi connectivity index (χ0v) is 15.4. The molecule has 0 amide bonds. The smallest absolute Gasteiger partial charge is 0.119 e. The van der Waals surface area contributed by atoms with Gasteiger partial charge >= 0.3 is 0 Å². The van der Waals surface area contributed by atoms with Crippen LogP contribution in [0.2, 0.25) is 0 Å². The van der Waals surface area contributed by atoms with Gasteiger partial charge in [0.15, 0.2) is 0 Å². The van der Waals surface area contributed by atoms with Crippen LogP contribution in [-0.2, 0) is 4.74 Å². The highest BCUT2D eigenvalue weighted by Crippen LogP contribution is 2.72. The van der Waals surface area contributed by atoms with Crippen molar-refractivity contribution < 1.29 is 9.47 Å². The van der Waals surface area contributed by atoms with Crippen LogP contribution in [0.1, 0.15) is 51.0 Å². The van der Waals surface area contributed by atoms with Crippen LogP contribution in [0, 0.1) is 41.4 Å². The van der Waals surface area contributed by atoms with Crippen LogP contribution >= 0.6 is 0 Å². The molecule has 1 aliphatic heterocycles. The number of hydrogen-bond donors (Lipinski definition) is 0. The Balaban J connectivity index is 1.11. The number of ether oxygens (including phenoxy) is 2. The molecule has 5 aliphatic rings. The van der Waals surface area contributed by atoms with Crippen LogP contribution in [0.4, 0.5) is 0 Å². The van der Waals surface area contributed by atoms with E-state index in [0.29, 0.717) is 18.1 Å². The van der Waals surface area contributed by atoms with Crippen LogP contribution < -0.4 is 4.74 Å². The van der Waals surface area contributed by atoms with Gasteiger partial charge in [-0.2, -0.15) is 0 Å². The average Bonchev–Trinajstić information content (AvgIpc) is 2.99. The number of hydrogen-bond acceptors (Lipinski definition) is 2. The third kappa shape index (κ3) is 2.07. The Labute approximate surface area is 151 Å². The van der Waals surface area contributed by atoms with Gasteiger partial charge in [0.1, 0.15) is 5.75 Å². The molecule has 1 heterocycles. The molecule has 10 atom stereocenters. The summed E-state index contributed by atoms with van der Waals surface area (Å²) in [6.07, 6.45) is 6.94. The van der Waals surface area contributed by atoms with Crippen molar-refractivity contribution in [2.45, 2.75) is 57.7 Å². The minimum atomic E-state index is 0.641. The van der Waals surface area contributed by atoms with E-state index in [2.05, 4.69) is 38.1 Å². The molecule has 2 nitrogen and oxygen atoms in total. The fourth-order valence-corrected chi connectivity index (χ4v) is 7.51. The second-order valence-electron chi connectivity index (χ2n) is 9.63. The topological polar surface area (TPSA) is 21.8 Å². The summed E-state index contributed by atoms with van der Waals surface area (Å²) in [7, 11) is 0. The molecular formula is C23H30O2. The molecule has 4 bridgehead atoms. The van der Waals surface area contributed by atoms with Crippen molar-refractivity contribution in [3.05, 3.63) is 29.8 Å². The Kier molecular flexibility index (Phi) is 3.17. The Morgan fingerprint density at radius 2 is 1.76 bits per heavy atom. The van der Waals surface area contributed by atoms with E-state index in [1.807, 2.05) is 0 Å². The molecule has 2 heteroatoms. The molecule has 0 aromatic heterocycles. The van der Waals surface area contributed by atoms with Gasteiger partial charge in [-0.05, 0) is 90.7 Å². The monoisotopic (exact) mass is 338 g/mol. The van der Waals surface area contributed by atoms with E-state index >= 15 is 0 Å². The highest BCUT2D eigenvalue weighted by molar-refractivity contribution is 5.29. The van der Waals surface area contributed by atoms with Crippen molar-refractivity contribution in [2.24, 2.45) is 41.4 Å². The number of rotatable bonds is 5. The first-order valence-corrected chi connectivity index (χ1v) is 10.6. The van der Waals surface area contributed by atoms with E-state index in [1.54, 1.807) is 0 Å². The van der Waals surface area contributed by atoms with Crippen molar-refractivity contribution in [2.75, 3.05) is 6.61 Å². The summed E-state index contributed by atoms with van der Waals surface area (Å²) >= 11 is 0. The molecule has 25 heavy (non-hydrogen) atoms.